The van der Waals surface area contributed by atoms with Crippen molar-refractivity contribution >= 4 is 16.1 Å². The predicted octanol–water partition coefficient (Wildman–Crippen LogP) is 2.04. The first-order valence-corrected chi connectivity index (χ1v) is 7.96. The van der Waals surface area contributed by atoms with Gasteiger partial charge in [0.2, 0.25) is 0 Å². The molecule has 2 aromatic carbocycles. The van der Waals surface area contributed by atoms with Gasteiger partial charge in [0.1, 0.15) is 10.6 Å². The third kappa shape index (κ3) is 4.31. The van der Waals surface area contributed by atoms with Crippen molar-refractivity contribution < 1.29 is 22.1 Å². The lowest BCUT2D eigenvalue weighted by molar-refractivity contribution is -0.139. The van der Waals surface area contributed by atoms with Crippen LogP contribution in [0.1, 0.15) is 11.1 Å². The van der Waals surface area contributed by atoms with Gasteiger partial charge in [-0.2, -0.15) is 13.7 Å². The summed E-state index contributed by atoms with van der Waals surface area (Å²) in [5.41, 5.74) is 1.04. The standard InChI is InChI=1S/C16H13NO5S/c1-21-16(18)10-12-2-6-14(7-3-12)22-23(19,20)15-8-4-13(11-17)5-9-15/h2-9H,10H2,1H3. The molecule has 0 amide bonds. The smallest absolute Gasteiger partial charge is 0.339 e. The summed E-state index contributed by atoms with van der Waals surface area (Å²) in [4.78, 5) is 11.1. The molecule has 6 nitrogen and oxygen atoms in total. The zero-order chi connectivity index (χ0) is 16.9. The SMILES string of the molecule is COC(=O)Cc1ccc(OS(=O)(=O)c2ccc(C#N)cc2)cc1. The van der Waals surface area contributed by atoms with Crippen LogP contribution < -0.4 is 4.18 Å². The molecule has 0 aliphatic rings. The van der Waals surface area contributed by atoms with E-state index in [9.17, 15) is 13.2 Å². The predicted molar refractivity (Wildman–Crippen MR) is 81.1 cm³/mol. The van der Waals surface area contributed by atoms with Crippen molar-refractivity contribution in [3.8, 4) is 11.8 Å². The first-order chi connectivity index (χ1) is 10.9. The van der Waals surface area contributed by atoms with Crippen molar-refractivity contribution in [1.82, 2.24) is 0 Å². The highest BCUT2D eigenvalue weighted by atomic mass is 32.2. The molecule has 0 fully saturated rings. The van der Waals surface area contributed by atoms with E-state index < -0.39 is 10.1 Å². The quantitative estimate of drug-likeness (QED) is 0.615. The minimum absolute atomic E-state index is 0.0462. The maximum Gasteiger partial charge on any atom is 0.339 e. The summed E-state index contributed by atoms with van der Waals surface area (Å²) >= 11 is 0. The number of hydrogen-bond donors (Lipinski definition) is 0. The number of carbonyl (C=O) groups is 1. The van der Waals surface area contributed by atoms with Gasteiger partial charge in [-0.25, -0.2) is 0 Å². The van der Waals surface area contributed by atoms with Crippen molar-refractivity contribution in [1.29, 1.82) is 5.26 Å². The summed E-state index contributed by atoms with van der Waals surface area (Å²) in [5.74, 6) is -0.258. The number of hydrogen-bond acceptors (Lipinski definition) is 6. The Labute approximate surface area is 134 Å². The Morgan fingerprint density at radius 3 is 2.22 bits per heavy atom. The monoisotopic (exact) mass is 331 g/mol. The van der Waals surface area contributed by atoms with Crippen LogP contribution in [0.4, 0.5) is 0 Å². The second-order valence-electron chi connectivity index (χ2n) is 4.57. The number of ether oxygens (including phenoxy) is 1. The Morgan fingerprint density at radius 2 is 1.70 bits per heavy atom. The normalized spacial score (nSPS) is 10.6. The lowest BCUT2D eigenvalue weighted by Gasteiger charge is -2.07. The third-order valence-electron chi connectivity index (χ3n) is 2.98. The van der Waals surface area contributed by atoms with Crippen LogP contribution in [-0.4, -0.2) is 21.5 Å². The number of benzene rings is 2. The molecule has 0 unspecified atom stereocenters. The summed E-state index contributed by atoms with van der Waals surface area (Å²) in [5, 5.41) is 8.71. The molecule has 0 bridgehead atoms. The first kappa shape index (κ1) is 16.5. The maximum atomic E-state index is 12.1. The molecule has 2 rings (SSSR count). The van der Waals surface area contributed by atoms with Crippen LogP contribution in [-0.2, 0) is 26.1 Å². The second kappa shape index (κ2) is 6.94. The van der Waals surface area contributed by atoms with Crippen LogP contribution in [0.2, 0.25) is 0 Å². The Kier molecular flexibility index (Phi) is 4.98. The van der Waals surface area contributed by atoms with Crippen LogP contribution in [0.5, 0.6) is 5.75 Å². The van der Waals surface area contributed by atoms with Gasteiger partial charge in [-0.15, -0.1) is 0 Å². The van der Waals surface area contributed by atoms with E-state index in [-0.39, 0.29) is 23.0 Å². The number of carbonyl (C=O) groups excluding carboxylic acids is 1. The van der Waals surface area contributed by atoms with Gasteiger partial charge in [-0.05, 0) is 42.0 Å². The molecule has 2 aromatic rings. The van der Waals surface area contributed by atoms with Gasteiger partial charge in [-0.1, -0.05) is 12.1 Å². The average molecular weight is 331 g/mol. The highest BCUT2D eigenvalue weighted by molar-refractivity contribution is 7.87. The molecule has 0 saturated heterocycles. The second-order valence-corrected chi connectivity index (χ2v) is 6.12. The molecule has 0 aliphatic carbocycles. The van der Waals surface area contributed by atoms with E-state index in [4.69, 9.17) is 9.44 Å². The maximum absolute atomic E-state index is 12.1. The van der Waals surface area contributed by atoms with Crippen LogP contribution in [0.25, 0.3) is 0 Å². The summed E-state index contributed by atoms with van der Waals surface area (Å²) in [6.45, 7) is 0. The van der Waals surface area contributed by atoms with Gasteiger partial charge in [0.15, 0.2) is 0 Å². The Hall–Kier alpha value is -2.85. The Bertz CT molecular complexity index is 834. The molecular formula is C16H13NO5S. The van der Waals surface area contributed by atoms with E-state index in [0.717, 1.165) is 0 Å². The van der Waals surface area contributed by atoms with E-state index in [0.29, 0.717) is 11.1 Å². The number of nitriles is 1. The lowest BCUT2D eigenvalue weighted by Crippen LogP contribution is -2.10. The van der Waals surface area contributed by atoms with E-state index in [2.05, 4.69) is 4.74 Å². The third-order valence-corrected chi connectivity index (χ3v) is 4.24. The molecule has 0 spiro atoms. The molecule has 118 valence electrons. The molecule has 7 heteroatoms. The largest absolute Gasteiger partial charge is 0.469 e. The number of esters is 1. The fourth-order valence-corrected chi connectivity index (χ4v) is 2.70. The fraction of sp³-hybridized carbons (Fsp3) is 0.125. The van der Waals surface area contributed by atoms with Crippen LogP contribution >= 0.6 is 0 Å². The highest BCUT2D eigenvalue weighted by Crippen LogP contribution is 2.20. The van der Waals surface area contributed by atoms with E-state index in [1.165, 1.54) is 43.5 Å². The summed E-state index contributed by atoms with van der Waals surface area (Å²) < 4.78 is 33.8. The van der Waals surface area contributed by atoms with Crippen LogP contribution in [0, 0.1) is 11.3 Å². The summed E-state index contributed by atoms with van der Waals surface area (Å²) in [6.07, 6.45) is 0.0964. The fourth-order valence-electron chi connectivity index (χ4n) is 1.77. The molecule has 0 atom stereocenters. The van der Waals surface area contributed by atoms with Crippen molar-refractivity contribution in [2.45, 2.75) is 11.3 Å². The molecule has 0 aliphatic heterocycles. The molecule has 0 heterocycles. The first-order valence-electron chi connectivity index (χ1n) is 6.55. The van der Waals surface area contributed by atoms with Gasteiger partial charge in [0, 0.05) is 0 Å². The average Bonchev–Trinajstić information content (AvgIpc) is 2.56. The number of rotatable bonds is 5. The minimum atomic E-state index is -3.98. The zero-order valence-corrected chi connectivity index (χ0v) is 13.0. The van der Waals surface area contributed by atoms with Crippen molar-refractivity contribution in [3.05, 3.63) is 59.7 Å². The molecule has 0 aromatic heterocycles. The number of nitrogens with zero attached hydrogens (tertiary/aromatic N) is 1. The highest BCUT2D eigenvalue weighted by Gasteiger charge is 2.16. The minimum Gasteiger partial charge on any atom is -0.469 e. The van der Waals surface area contributed by atoms with Crippen molar-refractivity contribution in [2.24, 2.45) is 0 Å². The molecular weight excluding hydrogens is 318 g/mol. The topological polar surface area (TPSA) is 93.5 Å². The van der Waals surface area contributed by atoms with Gasteiger partial charge in [-0.3, -0.25) is 4.79 Å². The van der Waals surface area contributed by atoms with E-state index in [1.54, 1.807) is 12.1 Å². The van der Waals surface area contributed by atoms with Crippen molar-refractivity contribution in [3.63, 3.8) is 0 Å². The van der Waals surface area contributed by atoms with Gasteiger partial charge in [0.25, 0.3) is 0 Å². The molecule has 0 saturated carbocycles. The summed E-state index contributed by atoms with van der Waals surface area (Å²) in [6, 6.07) is 13.4. The summed E-state index contributed by atoms with van der Waals surface area (Å²) in [7, 11) is -2.68. The lowest BCUT2D eigenvalue weighted by atomic mass is 10.1. The van der Waals surface area contributed by atoms with E-state index in [1.807, 2.05) is 6.07 Å². The van der Waals surface area contributed by atoms with Crippen LogP contribution in [0.3, 0.4) is 0 Å². The molecule has 0 radical (unpaired) electrons. The van der Waals surface area contributed by atoms with Gasteiger partial charge < -0.3 is 8.92 Å². The zero-order valence-electron chi connectivity index (χ0n) is 12.2. The van der Waals surface area contributed by atoms with Gasteiger partial charge in [0.05, 0.1) is 25.2 Å². The van der Waals surface area contributed by atoms with Crippen LogP contribution in [0.15, 0.2) is 53.4 Å². The number of methoxy groups -OCH3 is 1. The van der Waals surface area contributed by atoms with Gasteiger partial charge >= 0.3 is 16.1 Å². The molecule has 23 heavy (non-hydrogen) atoms. The Balaban J connectivity index is 2.13. The molecule has 0 N–H and O–H groups in total. The van der Waals surface area contributed by atoms with E-state index >= 15 is 0 Å². The Morgan fingerprint density at radius 1 is 1.09 bits per heavy atom. The van der Waals surface area contributed by atoms with Crippen molar-refractivity contribution in [2.75, 3.05) is 7.11 Å².